The number of carbonyl (C=O) groups excluding carboxylic acids is 1. The Hall–Kier alpha value is -2.60. The van der Waals surface area contributed by atoms with Gasteiger partial charge >= 0.3 is 0 Å². The molecule has 7 heteroatoms. The van der Waals surface area contributed by atoms with Crippen LogP contribution < -0.4 is 24.3 Å². The first-order chi connectivity index (χ1) is 12.5. The van der Waals surface area contributed by atoms with Crippen molar-refractivity contribution >= 4 is 23.2 Å². The van der Waals surface area contributed by atoms with Crippen molar-refractivity contribution in [2.45, 2.75) is 12.3 Å². The fourth-order valence-electron chi connectivity index (χ4n) is 3.30. The molecule has 1 heterocycles. The molecule has 0 aliphatic carbocycles. The van der Waals surface area contributed by atoms with Crippen LogP contribution in [-0.4, -0.2) is 34.3 Å². The summed E-state index contributed by atoms with van der Waals surface area (Å²) in [6, 6.07) is 7.24. The van der Waals surface area contributed by atoms with Crippen LogP contribution in [0.4, 0.5) is 5.69 Å². The van der Waals surface area contributed by atoms with Crippen LogP contribution in [0.15, 0.2) is 24.3 Å². The summed E-state index contributed by atoms with van der Waals surface area (Å²) in [7, 11) is 6.21. The highest BCUT2D eigenvalue weighted by molar-refractivity contribution is 6.32. The van der Waals surface area contributed by atoms with Crippen molar-refractivity contribution in [1.29, 1.82) is 0 Å². The lowest BCUT2D eigenvalue weighted by Gasteiger charge is -2.29. The van der Waals surface area contributed by atoms with Crippen molar-refractivity contribution in [1.82, 2.24) is 0 Å². The highest BCUT2D eigenvalue weighted by Gasteiger charge is 2.33. The first kappa shape index (κ1) is 18.2. The van der Waals surface area contributed by atoms with Crippen LogP contribution in [0.1, 0.15) is 23.5 Å². The first-order valence-electron chi connectivity index (χ1n) is 8.00. The number of halogens is 1. The molecule has 3 rings (SSSR count). The maximum atomic E-state index is 12.3. The van der Waals surface area contributed by atoms with Gasteiger partial charge in [0.2, 0.25) is 11.7 Å². The lowest BCUT2D eigenvalue weighted by atomic mass is 9.83. The Bertz CT molecular complexity index is 852. The normalized spacial score (nSPS) is 15.7. The van der Waals surface area contributed by atoms with Crippen LogP contribution in [0, 0.1) is 0 Å². The maximum Gasteiger partial charge on any atom is 0.225 e. The molecule has 0 saturated heterocycles. The van der Waals surface area contributed by atoms with E-state index in [-0.39, 0.29) is 18.2 Å². The molecular formula is C19H20ClNO5. The van der Waals surface area contributed by atoms with E-state index in [9.17, 15) is 4.79 Å². The smallest absolute Gasteiger partial charge is 0.225 e. The zero-order valence-electron chi connectivity index (χ0n) is 15.0. The minimum absolute atomic E-state index is 0.0938. The van der Waals surface area contributed by atoms with Gasteiger partial charge in [0.1, 0.15) is 5.75 Å². The Balaban J connectivity index is 2.22. The molecule has 1 atom stereocenters. The molecule has 0 unspecified atom stereocenters. The molecule has 2 aromatic rings. The Morgan fingerprint density at radius 3 is 2.23 bits per heavy atom. The Morgan fingerprint density at radius 2 is 1.65 bits per heavy atom. The van der Waals surface area contributed by atoms with E-state index in [2.05, 4.69) is 5.32 Å². The summed E-state index contributed by atoms with van der Waals surface area (Å²) < 4.78 is 21.7. The molecule has 6 nitrogen and oxygen atoms in total. The number of carbonyl (C=O) groups is 1. The predicted molar refractivity (Wildman–Crippen MR) is 99.2 cm³/mol. The standard InChI is InChI=1S/C19H20ClNO5/c1-23-14-6-5-10(7-12(14)20)11-8-16(22)21-13-9-15(24-2)18(25-3)19(26-4)17(11)13/h5-7,9,11H,8H2,1-4H3,(H,21,22)/t11-/m0/s1. The fourth-order valence-corrected chi connectivity index (χ4v) is 3.57. The lowest BCUT2D eigenvalue weighted by molar-refractivity contribution is -0.116. The largest absolute Gasteiger partial charge is 0.495 e. The van der Waals surface area contributed by atoms with E-state index in [0.717, 1.165) is 11.1 Å². The van der Waals surface area contributed by atoms with Crippen molar-refractivity contribution in [3.8, 4) is 23.0 Å². The lowest BCUT2D eigenvalue weighted by Crippen LogP contribution is -2.24. The van der Waals surface area contributed by atoms with E-state index in [4.69, 9.17) is 30.5 Å². The zero-order valence-corrected chi connectivity index (χ0v) is 15.8. The zero-order chi connectivity index (χ0) is 18.8. The molecule has 1 N–H and O–H groups in total. The van der Waals surface area contributed by atoms with E-state index in [1.807, 2.05) is 12.1 Å². The van der Waals surface area contributed by atoms with Crippen LogP contribution in [0.2, 0.25) is 5.02 Å². The number of ether oxygens (including phenoxy) is 4. The van der Waals surface area contributed by atoms with Crippen LogP contribution in [0.25, 0.3) is 0 Å². The maximum absolute atomic E-state index is 12.3. The Labute approximate surface area is 157 Å². The predicted octanol–water partition coefficient (Wildman–Crippen LogP) is 3.85. The summed E-state index contributed by atoms with van der Waals surface area (Å²) in [5.41, 5.74) is 2.34. The van der Waals surface area contributed by atoms with E-state index in [0.29, 0.717) is 33.7 Å². The number of nitrogens with one attached hydrogen (secondary N) is 1. The number of fused-ring (bicyclic) bond motifs is 1. The molecule has 0 saturated carbocycles. The molecule has 0 fully saturated rings. The number of rotatable bonds is 5. The van der Waals surface area contributed by atoms with E-state index >= 15 is 0 Å². The van der Waals surface area contributed by atoms with Crippen LogP contribution in [0.5, 0.6) is 23.0 Å². The van der Waals surface area contributed by atoms with Gasteiger partial charge in [0.15, 0.2) is 11.5 Å². The Morgan fingerprint density at radius 1 is 0.962 bits per heavy atom. The number of hydrogen-bond donors (Lipinski definition) is 1. The molecule has 2 aromatic carbocycles. The van der Waals surface area contributed by atoms with Gasteiger partial charge < -0.3 is 24.3 Å². The van der Waals surface area contributed by atoms with Gasteiger partial charge in [-0.1, -0.05) is 17.7 Å². The molecule has 1 amide bonds. The molecular weight excluding hydrogens is 358 g/mol. The van der Waals surface area contributed by atoms with Crippen molar-refractivity contribution in [2.24, 2.45) is 0 Å². The topological polar surface area (TPSA) is 66.0 Å². The Kier molecular flexibility index (Phi) is 5.13. The van der Waals surface area contributed by atoms with E-state index in [1.54, 1.807) is 33.5 Å². The van der Waals surface area contributed by atoms with Crippen LogP contribution in [-0.2, 0) is 4.79 Å². The number of benzene rings is 2. The third kappa shape index (κ3) is 3.01. The van der Waals surface area contributed by atoms with Gasteiger partial charge in [-0.15, -0.1) is 0 Å². The van der Waals surface area contributed by atoms with Gasteiger partial charge in [-0.3, -0.25) is 4.79 Å². The summed E-state index contributed by atoms with van der Waals surface area (Å²) in [5, 5.41) is 3.37. The van der Waals surface area contributed by atoms with E-state index in [1.165, 1.54) is 7.11 Å². The van der Waals surface area contributed by atoms with Gasteiger partial charge in [-0.05, 0) is 17.7 Å². The van der Waals surface area contributed by atoms with Gasteiger partial charge in [-0.25, -0.2) is 0 Å². The number of methoxy groups -OCH3 is 4. The van der Waals surface area contributed by atoms with Crippen molar-refractivity contribution in [3.05, 3.63) is 40.4 Å². The second-order valence-electron chi connectivity index (χ2n) is 5.81. The molecule has 0 aromatic heterocycles. The summed E-state index contributed by atoms with van der Waals surface area (Å²) in [6.45, 7) is 0. The highest BCUT2D eigenvalue weighted by atomic mass is 35.5. The fraction of sp³-hybridized carbons (Fsp3) is 0.316. The number of hydrogen-bond acceptors (Lipinski definition) is 5. The third-order valence-electron chi connectivity index (χ3n) is 4.46. The summed E-state index contributed by atoms with van der Waals surface area (Å²) in [6.07, 6.45) is 0.265. The first-order valence-corrected chi connectivity index (χ1v) is 8.38. The van der Waals surface area contributed by atoms with Crippen LogP contribution >= 0.6 is 11.6 Å². The molecule has 26 heavy (non-hydrogen) atoms. The minimum Gasteiger partial charge on any atom is -0.495 e. The quantitative estimate of drug-likeness (QED) is 0.857. The average molecular weight is 378 g/mol. The monoisotopic (exact) mass is 377 g/mol. The second kappa shape index (κ2) is 7.33. The molecule has 1 aliphatic rings. The van der Waals surface area contributed by atoms with Gasteiger partial charge in [0.05, 0.1) is 39.1 Å². The molecule has 0 spiro atoms. The van der Waals surface area contributed by atoms with Crippen molar-refractivity contribution in [3.63, 3.8) is 0 Å². The second-order valence-corrected chi connectivity index (χ2v) is 6.21. The molecule has 0 bridgehead atoms. The molecule has 1 aliphatic heterocycles. The average Bonchev–Trinajstić information content (AvgIpc) is 2.65. The summed E-state index contributed by atoms with van der Waals surface area (Å²) >= 11 is 6.29. The SMILES string of the molecule is COc1ccc([C@@H]2CC(=O)Nc3cc(OC)c(OC)c(OC)c32)cc1Cl. The van der Waals surface area contributed by atoms with Gasteiger partial charge in [-0.2, -0.15) is 0 Å². The van der Waals surface area contributed by atoms with Crippen molar-refractivity contribution < 1.29 is 23.7 Å². The molecule has 0 radical (unpaired) electrons. The van der Waals surface area contributed by atoms with Gasteiger partial charge in [0.25, 0.3) is 0 Å². The van der Waals surface area contributed by atoms with E-state index < -0.39 is 0 Å². The van der Waals surface area contributed by atoms with Crippen LogP contribution in [0.3, 0.4) is 0 Å². The summed E-state index contributed by atoms with van der Waals surface area (Å²) in [5.74, 6) is 1.74. The minimum atomic E-state index is -0.239. The molecule has 138 valence electrons. The highest BCUT2D eigenvalue weighted by Crippen LogP contribution is 2.51. The summed E-state index contributed by atoms with van der Waals surface area (Å²) in [4.78, 5) is 12.3. The number of amides is 1. The third-order valence-corrected chi connectivity index (χ3v) is 4.75. The van der Waals surface area contributed by atoms with Gasteiger partial charge in [0, 0.05) is 24.0 Å². The number of anilines is 1. The van der Waals surface area contributed by atoms with Crippen molar-refractivity contribution in [2.75, 3.05) is 33.8 Å².